The zero-order valence-electron chi connectivity index (χ0n) is 13.4. The van der Waals surface area contributed by atoms with Gasteiger partial charge in [0.1, 0.15) is 5.82 Å². The van der Waals surface area contributed by atoms with Gasteiger partial charge >= 0.3 is 21.6 Å². The number of esters is 1. The quantitative estimate of drug-likeness (QED) is 0.334. The summed E-state index contributed by atoms with van der Waals surface area (Å²) in [6, 6.07) is 4.23. The average Bonchev–Trinajstić information content (AvgIpc) is 2.92. The van der Waals surface area contributed by atoms with E-state index in [-0.39, 0.29) is 17.9 Å². The van der Waals surface area contributed by atoms with E-state index in [9.17, 15) is 30.8 Å². The van der Waals surface area contributed by atoms with Gasteiger partial charge in [0.2, 0.25) is 5.88 Å². The molecular weight excluding hydrogens is 384 g/mol. The van der Waals surface area contributed by atoms with E-state index < -0.39 is 39.0 Å². The molecule has 1 heterocycles. The van der Waals surface area contributed by atoms with Gasteiger partial charge in [-0.3, -0.25) is 0 Å². The van der Waals surface area contributed by atoms with Gasteiger partial charge in [0.05, 0.1) is 12.3 Å². The van der Waals surface area contributed by atoms with Gasteiger partial charge in [-0.25, -0.2) is 9.18 Å². The molecule has 0 saturated carbocycles. The molecule has 0 aliphatic carbocycles. The highest BCUT2D eigenvalue weighted by Gasteiger charge is 2.49. The number of alkyl halides is 3. The number of hydrogen-bond acceptors (Lipinski definition) is 6. The summed E-state index contributed by atoms with van der Waals surface area (Å²) in [6.45, 7) is 2.72. The molecule has 0 aliphatic rings. The predicted molar refractivity (Wildman–Crippen MR) is 79.8 cm³/mol. The lowest BCUT2D eigenvalue weighted by atomic mass is 10.2. The minimum Gasteiger partial charge on any atom is -0.461 e. The summed E-state index contributed by atoms with van der Waals surface area (Å²) in [5, 5.41) is 3.69. The first-order chi connectivity index (χ1) is 12.0. The Balaban J connectivity index is 2.62. The molecule has 1 aromatic heterocycles. The Morgan fingerprint density at radius 3 is 2.54 bits per heavy atom. The summed E-state index contributed by atoms with van der Waals surface area (Å²) < 4.78 is 83.4. The van der Waals surface area contributed by atoms with Crippen LogP contribution in [-0.2, 0) is 14.9 Å². The molecule has 0 bridgehead atoms. The van der Waals surface area contributed by atoms with Crippen LogP contribution in [-0.4, -0.2) is 36.3 Å². The van der Waals surface area contributed by atoms with E-state index in [1.165, 1.54) is 26.0 Å². The molecule has 0 aliphatic heterocycles. The van der Waals surface area contributed by atoms with E-state index in [0.29, 0.717) is 10.7 Å². The predicted octanol–water partition coefficient (Wildman–Crippen LogP) is 2.72. The fourth-order valence-corrected chi connectivity index (χ4v) is 2.32. The summed E-state index contributed by atoms with van der Waals surface area (Å²) in [7, 11) is -6.04. The van der Waals surface area contributed by atoms with Crippen LogP contribution in [0.15, 0.2) is 24.3 Å². The summed E-state index contributed by atoms with van der Waals surface area (Å²) >= 11 is 0. The van der Waals surface area contributed by atoms with Crippen LogP contribution >= 0.6 is 0 Å². The lowest BCUT2D eigenvalue weighted by Gasteiger charge is -2.12. The summed E-state index contributed by atoms with van der Waals surface area (Å²) in [4.78, 5) is 11.8. The molecule has 0 radical (unpaired) electrons. The number of aromatic nitrogens is 2. The normalized spacial score (nSPS) is 12.1. The monoisotopic (exact) mass is 396 g/mol. The van der Waals surface area contributed by atoms with E-state index in [0.717, 1.165) is 6.07 Å². The maximum absolute atomic E-state index is 13.7. The van der Waals surface area contributed by atoms with E-state index >= 15 is 0 Å². The van der Waals surface area contributed by atoms with Crippen molar-refractivity contribution >= 4 is 16.1 Å². The van der Waals surface area contributed by atoms with Gasteiger partial charge in [0.15, 0.2) is 5.69 Å². The minimum absolute atomic E-state index is 0.0538. The zero-order valence-corrected chi connectivity index (χ0v) is 14.2. The number of halogens is 4. The van der Waals surface area contributed by atoms with Crippen molar-refractivity contribution in [2.24, 2.45) is 0 Å². The maximum atomic E-state index is 13.7. The molecule has 2 rings (SSSR count). The van der Waals surface area contributed by atoms with Crippen molar-refractivity contribution in [2.45, 2.75) is 19.4 Å². The summed E-state index contributed by atoms with van der Waals surface area (Å²) in [5.41, 5.74) is -6.39. The van der Waals surface area contributed by atoms with Gasteiger partial charge in [-0.05, 0) is 26.0 Å². The Bertz CT molecular complexity index is 937. The van der Waals surface area contributed by atoms with E-state index in [4.69, 9.17) is 0 Å². The zero-order chi connectivity index (χ0) is 19.7. The highest BCUT2D eigenvalue weighted by molar-refractivity contribution is 7.87. The molecule has 7 nitrogen and oxygen atoms in total. The van der Waals surface area contributed by atoms with Crippen molar-refractivity contribution in [3.05, 3.63) is 41.3 Å². The van der Waals surface area contributed by atoms with E-state index in [1.807, 2.05) is 0 Å². The molecule has 0 fully saturated rings. The van der Waals surface area contributed by atoms with Crippen LogP contribution < -0.4 is 4.18 Å². The maximum Gasteiger partial charge on any atom is 0.534 e. The molecule has 0 atom stereocenters. The van der Waals surface area contributed by atoms with Crippen LogP contribution in [0.5, 0.6) is 5.88 Å². The topological polar surface area (TPSA) is 87.5 Å². The van der Waals surface area contributed by atoms with Gasteiger partial charge in [-0.1, -0.05) is 6.07 Å². The summed E-state index contributed by atoms with van der Waals surface area (Å²) in [6.07, 6.45) is 0. The summed E-state index contributed by atoms with van der Waals surface area (Å²) in [5.74, 6) is -2.69. The average molecular weight is 396 g/mol. The van der Waals surface area contributed by atoms with Crippen LogP contribution in [0.4, 0.5) is 17.6 Å². The molecule has 12 heteroatoms. The number of ether oxygens (including phenoxy) is 1. The highest BCUT2D eigenvalue weighted by Crippen LogP contribution is 2.30. The molecule has 2 aromatic rings. The minimum atomic E-state index is -6.04. The molecule has 26 heavy (non-hydrogen) atoms. The van der Waals surface area contributed by atoms with Crippen molar-refractivity contribution in [1.82, 2.24) is 9.78 Å². The number of rotatable bonds is 5. The van der Waals surface area contributed by atoms with Crippen molar-refractivity contribution < 1.29 is 39.7 Å². The Morgan fingerprint density at radius 2 is 1.96 bits per heavy atom. The Labute approximate surface area is 145 Å². The highest BCUT2D eigenvalue weighted by atomic mass is 32.2. The standard InChI is InChI=1S/C14H12F4N2O5S/c1-3-24-13(21)10-7-12(25-26(22,23)14(16,17)18)20(19-10)11-6-4-5-9(15)8(11)2/h4-7H,3H2,1-2H3. The lowest BCUT2D eigenvalue weighted by Crippen LogP contribution is -2.28. The van der Waals surface area contributed by atoms with Crippen molar-refractivity contribution in [2.75, 3.05) is 6.61 Å². The van der Waals surface area contributed by atoms with E-state index in [1.54, 1.807) is 0 Å². The third kappa shape index (κ3) is 3.79. The largest absolute Gasteiger partial charge is 0.534 e. The van der Waals surface area contributed by atoms with Gasteiger partial charge in [-0.15, -0.1) is 0 Å². The van der Waals surface area contributed by atoms with Gasteiger partial charge in [0, 0.05) is 11.6 Å². The lowest BCUT2D eigenvalue weighted by molar-refractivity contribution is -0.0502. The van der Waals surface area contributed by atoms with Crippen LogP contribution in [0.25, 0.3) is 5.69 Å². The second-order valence-electron chi connectivity index (χ2n) is 4.87. The molecule has 0 N–H and O–H groups in total. The fraction of sp³-hybridized carbons (Fsp3) is 0.286. The first-order valence-corrected chi connectivity index (χ1v) is 8.42. The molecule has 0 amide bonds. The van der Waals surface area contributed by atoms with Crippen molar-refractivity contribution in [1.29, 1.82) is 0 Å². The third-order valence-electron chi connectivity index (χ3n) is 3.11. The second-order valence-corrected chi connectivity index (χ2v) is 6.41. The molecule has 0 unspecified atom stereocenters. The molecule has 1 aromatic carbocycles. The Kier molecular flexibility index (Phi) is 5.26. The molecule has 142 valence electrons. The smallest absolute Gasteiger partial charge is 0.461 e. The Morgan fingerprint density at radius 1 is 1.31 bits per heavy atom. The van der Waals surface area contributed by atoms with E-state index in [2.05, 4.69) is 14.0 Å². The number of carbonyl (C=O) groups is 1. The van der Waals surface area contributed by atoms with Gasteiger partial charge < -0.3 is 8.92 Å². The second kappa shape index (κ2) is 6.94. The van der Waals surface area contributed by atoms with Crippen LogP contribution in [0.2, 0.25) is 0 Å². The first-order valence-electron chi connectivity index (χ1n) is 7.01. The fourth-order valence-electron chi connectivity index (χ4n) is 1.89. The number of hydrogen-bond donors (Lipinski definition) is 0. The van der Waals surface area contributed by atoms with Gasteiger partial charge in [0.25, 0.3) is 0 Å². The SMILES string of the molecule is CCOC(=O)c1cc(OS(=O)(=O)C(F)(F)F)n(-c2cccc(F)c2C)n1. The number of nitrogens with zero attached hydrogens (tertiary/aromatic N) is 2. The number of carbonyl (C=O) groups excluding carboxylic acids is 1. The number of benzene rings is 1. The molecule has 0 spiro atoms. The molecular formula is C14H12F4N2O5S. The van der Waals surface area contributed by atoms with Crippen LogP contribution in [0, 0.1) is 12.7 Å². The molecule has 0 saturated heterocycles. The van der Waals surface area contributed by atoms with Crippen LogP contribution in [0.1, 0.15) is 23.0 Å². The Hall–Kier alpha value is -2.63. The first kappa shape index (κ1) is 19.7. The van der Waals surface area contributed by atoms with Crippen molar-refractivity contribution in [3.63, 3.8) is 0 Å². The van der Waals surface area contributed by atoms with Gasteiger partial charge in [-0.2, -0.15) is 31.4 Å². The van der Waals surface area contributed by atoms with Crippen molar-refractivity contribution in [3.8, 4) is 11.6 Å². The van der Waals surface area contributed by atoms with Crippen LogP contribution in [0.3, 0.4) is 0 Å². The third-order valence-corrected chi connectivity index (χ3v) is 4.06.